The first-order valence-corrected chi connectivity index (χ1v) is 11.4. The number of carboxylic acids is 1. The van der Waals surface area contributed by atoms with Crippen LogP contribution in [0.5, 0.6) is 0 Å². The van der Waals surface area contributed by atoms with Gasteiger partial charge in [-0.05, 0) is 90.4 Å². The Balaban J connectivity index is 1.77. The molecule has 4 rings (SSSR count). The molecule has 7 heteroatoms. The van der Waals surface area contributed by atoms with E-state index in [1.54, 1.807) is 19.1 Å². The fraction of sp³-hybridized carbons (Fsp3) is 0.286. The predicted molar refractivity (Wildman–Crippen MR) is 131 cm³/mol. The third kappa shape index (κ3) is 5.09. The molecule has 1 aromatic heterocycles. The van der Waals surface area contributed by atoms with Gasteiger partial charge in [-0.3, -0.25) is 4.68 Å². The van der Waals surface area contributed by atoms with Gasteiger partial charge in [0.1, 0.15) is 0 Å². The molecule has 0 spiro atoms. The maximum absolute atomic E-state index is 13.1. The quantitative estimate of drug-likeness (QED) is 0.308. The smallest absolute Gasteiger partial charge is 0.416 e. The normalized spacial score (nSPS) is 12.9. The minimum absolute atomic E-state index is 0.0817. The Morgan fingerprint density at radius 2 is 1.63 bits per heavy atom. The van der Waals surface area contributed by atoms with Crippen molar-refractivity contribution in [3.63, 3.8) is 0 Å². The summed E-state index contributed by atoms with van der Waals surface area (Å²) in [5, 5.41) is 14.9. The number of hydrogen-bond acceptors (Lipinski definition) is 2. The number of benzene rings is 3. The lowest BCUT2D eigenvalue weighted by atomic mass is 9.94. The van der Waals surface area contributed by atoms with Gasteiger partial charge in [-0.15, -0.1) is 0 Å². The Bertz CT molecular complexity index is 1390. The van der Waals surface area contributed by atoms with E-state index in [2.05, 4.69) is 13.8 Å². The monoisotopic (exact) mass is 480 g/mol. The van der Waals surface area contributed by atoms with E-state index in [4.69, 9.17) is 5.10 Å². The van der Waals surface area contributed by atoms with Crippen molar-refractivity contribution in [2.24, 2.45) is 5.92 Å². The zero-order chi connectivity index (χ0) is 25.5. The summed E-state index contributed by atoms with van der Waals surface area (Å²) in [4.78, 5) is 11.2. The Hall–Kier alpha value is -3.61. The molecule has 1 N–H and O–H groups in total. The predicted octanol–water partition coefficient (Wildman–Crippen LogP) is 7.67. The van der Waals surface area contributed by atoms with Gasteiger partial charge >= 0.3 is 12.1 Å². The van der Waals surface area contributed by atoms with E-state index in [1.165, 1.54) is 12.1 Å². The molecule has 0 bridgehead atoms. The number of carboxylic acid groups (broad SMARTS) is 1. The molecular formula is C28H27F3N2O2. The number of aromatic carboxylic acids is 1. The van der Waals surface area contributed by atoms with Crippen LogP contribution in [0.1, 0.15) is 58.9 Å². The summed E-state index contributed by atoms with van der Waals surface area (Å²) in [6.07, 6.45) is -1.61. The first-order valence-electron chi connectivity index (χ1n) is 11.4. The third-order valence-corrected chi connectivity index (χ3v) is 6.27. The molecule has 1 atom stereocenters. The minimum Gasteiger partial charge on any atom is -0.478 e. The molecule has 0 aliphatic rings. The van der Waals surface area contributed by atoms with Crippen LogP contribution in [-0.4, -0.2) is 20.9 Å². The maximum atomic E-state index is 13.1. The molecule has 0 amide bonds. The van der Waals surface area contributed by atoms with Crippen molar-refractivity contribution in [2.45, 2.75) is 46.3 Å². The molecule has 0 saturated heterocycles. The summed E-state index contributed by atoms with van der Waals surface area (Å²) in [5.41, 5.74) is 4.45. The van der Waals surface area contributed by atoms with Gasteiger partial charge in [0.05, 0.1) is 22.7 Å². The molecule has 3 aromatic carbocycles. The molecule has 0 radical (unpaired) electrons. The average Bonchev–Trinajstić information content (AvgIpc) is 3.18. The summed E-state index contributed by atoms with van der Waals surface area (Å²) >= 11 is 0. The number of carbonyl (C=O) groups is 1. The Morgan fingerprint density at radius 3 is 2.20 bits per heavy atom. The van der Waals surface area contributed by atoms with Crippen molar-refractivity contribution in [2.75, 3.05) is 0 Å². The SMILES string of the molecule is Cc1cc(C(F)(F)F)ccc1-c1cc2cn(C(CC(C)C)c3ccc(C(=O)O)cc3)nc2cc1C. The first-order chi connectivity index (χ1) is 16.4. The second kappa shape index (κ2) is 9.21. The molecule has 4 nitrogen and oxygen atoms in total. The Morgan fingerprint density at radius 1 is 0.971 bits per heavy atom. The summed E-state index contributed by atoms with van der Waals surface area (Å²) in [5.74, 6) is -0.595. The van der Waals surface area contributed by atoms with Crippen LogP contribution in [0.25, 0.3) is 22.0 Å². The van der Waals surface area contributed by atoms with Crippen molar-refractivity contribution >= 4 is 16.9 Å². The summed E-state index contributed by atoms with van der Waals surface area (Å²) in [7, 11) is 0. The van der Waals surface area contributed by atoms with E-state index in [0.29, 0.717) is 11.5 Å². The summed E-state index contributed by atoms with van der Waals surface area (Å²) in [6.45, 7) is 7.87. The second-order valence-electron chi connectivity index (χ2n) is 9.44. The second-order valence-corrected chi connectivity index (χ2v) is 9.44. The van der Waals surface area contributed by atoms with Crippen molar-refractivity contribution in [3.8, 4) is 11.1 Å². The van der Waals surface area contributed by atoms with Crippen LogP contribution in [0.4, 0.5) is 13.2 Å². The van der Waals surface area contributed by atoms with Crippen molar-refractivity contribution in [3.05, 3.63) is 88.6 Å². The number of fused-ring (bicyclic) bond motifs is 1. The van der Waals surface area contributed by atoms with Gasteiger partial charge in [-0.1, -0.05) is 32.0 Å². The van der Waals surface area contributed by atoms with Gasteiger partial charge < -0.3 is 5.11 Å². The van der Waals surface area contributed by atoms with Crippen LogP contribution < -0.4 is 0 Å². The van der Waals surface area contributed by atoms with Crippen LogP contribution in [0.15, 0.2) is 60.8 Å². The lowest BCUT2D eigenvalue weighted by Crippen LogP contribution is -2.14. The number of rotatable bonds is 6. The largest absolute Gasteiger partial charge is 0.478 e. The van der Waals surface area contributed by atoms with Crippen molar-refractivity contribution < 1.29 is 23.1 Å². The van der Waals surface area contributed by atoms with Gasteiger partial charge in [-0.25, -0.2) is 4.79 Å². The summed E-state index contributed by atoms with van der Waals surface area (Å²) in [6, 6.07) is 14.5. The highest BCUT2D eigenvalue weighted by molar-refractivity contribution is 5.88. The van der Waals surface area contributed by atoms with E-state index in [-0.39, 0.29) is 11.6 Å². The van der Waals surface area contributed by atoms with Gasteiger partial charge in [0, 0.05) is 11.6 Å². The molecule has 1 unspecified atom stereocenters. The van der Waals surface area contributed by atoms with Crippen molar-refractivity contribution in [1.82, 2.24) is 9.78 Å². The van der Waals surface area contributed by atoms with Crippen molar-refractivity contribution in [1.29, 1.82) is 0 Å². The lowest BCUT2D eigenvalue weighted by molar-refractivity contribution is -0.137. The maximum Gasteiger partial charge on any atom is 0.416 e. The molecule has 0 fully saturated rings. The van der Waals surface area contributed by atoms with Gasteiger partial charge in [0.25, 0.3) is 0 Å². The van der Waals surface area contributed by atoms with Crippen LogP contribution in [0, 0.1) is 19.8 Å². The minimum atomic E-state index is -4.38. The highest BCUT2D eigenvalue weighted by Gasteiger charge is 2.30. The molecule has 1 heterocycles. The topological polar surface area (TPSA) is 55.1 Å². The molecule has 0 saturated carbocycles. The average molecular weight is 481 g/mol. The van der Waals surface area contributed by atoms with Crippen LogP contribution in [0.3, 0.4) is 0 Å². The molecule has 0 aliphatic heterocycles. The number of nitrogens with zero attached hydrogens (tertiary/aromatic N) is 2. The molecule has 4 aromatic rings. The number of aryl methyl sites for hydroxylation is 2. The zero-order valence-corrected chi connectivity index (χ0v) is 20.0. The zero-order valence-electron chi connectivity index (χ0n) is 20.0. The van der Waals surface area contributed by atoms with Gasteiger partial charge in [-0.2, -0.15) is 18.3 Å². The van der Waals surface area contributed by atoms with E-state index in [0.717, 1.165) is 45.6 Å². The van der Waals surface area contributed by atoms with Crippen LogP contribution in [-0.2, 0) is 6.18 Å². The van der Waals surface area contributed by atoms with E-state index < -0.39 is 17.7 Å². The number of alkyl halides is 3. The first kappa shape index (κ1) is 24.5. The van der Waals surface area contributed by atoms with E-state index >= 15 is 0 Å². The number of hydrogen-bond donors (Lipinski definition) is 1. The third-order valence-electron chi connectivity index (χ3n) is 6.27. The standard InChI is InChI=1S/C28H27F3N2O2/c1-16(2)11-26(19-5-7-20(8-6-19)27(34)35)33-15-21-14-24(18(4)13-25(21)32-33)23-10-9-22(12-17(23)3)28(29,30)31/h5-10,12-16,26H,11H2,1-4H3,(H,34,35). The summed E-state index contributed by atoms with van der Waals surface area (Å²) < 4.78 is 41.3. The highest BCUT2D eigenvalue weighted by atomic mass is 19.4. The fourth-order valence-corrected chi connectivity index (χ4v) is 4.48. The van der Waals surface area contributed by atoms with Gasteiger partial charge in [0.2, 0.25) is 0 Å². The van der Waals surface area contributed by atoms with E-state index in [1.807, 2.05) is 42.1 Å². The van der Waals surface area contributed by atoms with Gasteiger partial charge in [0.15, 0.2) is 0 Å². The van der Waals surface area contributed by atoms with E-state index in [9.17, 15) is 23.1 Å². The Kier molecular flexibility index (Phi) is 6.45. The molecule has 182 valence electrons. The molecule has 0 aliphatic carbocycles. The van der Waals surface area contributed by atoms with Crippen LogP contribution in [0.2, 0.25) is 0 Å². The lowest BCUT2D eigenvalue weighted by Gasteiger charge is -2.20. The molecular weight excluding hydrogens is 453 g/mol. The number of halogens is 3. The molecule has 35 heavy (non-hydrogen) atoms. The number of aromatic nitrogens is 2. The fourth-order valence-electron chi connectivity index (χ4n) is 4.48. The highest BCUT2D eigenvalue weighted by Crippen LogP contribution is 2.36. The Labute approximate surface area is 202 Å². The van der Waals surface area contributed by atoms with Crippen LogP contribution >= 0.6 is 0 Å².